The molecule has 0 saturated carbocycles. The van der Waals surface area contributed by atoms with Gasteiger partial charge in [0.25, 0.3) is 0 Å². The normalized spacial score (nSPS) is 13.0. The number of nitrogens with zero attached hydrogens (tertiary/aromatic N) is 2. The molecule has 0 saturated heterocycles. The molecule has 0 amide bonds. The summed E-state index contributed by atoms with van der Waals surface area (Å²) in [4.78, 5) is 4.89. The summed E-state index contributed by atoms with van der Waals surface area (Å²) in [5.74, 6) is 0. The number of hydrogen-bond acceptors (Lipinski definition) is 2. The third kappa shape index (κ3) is 4.84. The van der Waals surface area contributed by atoms with Gasteiger partial charge in [-0.25, -0.2) is 0 Å². The predicted octanol–water partition coefficient (Wildman–Crippen LogP) is 8.59. The average Bonchev–Trinajstić information content (AvgIpc) is 3.24. The Bertz CT molecular complexity index is 2660. The number of benzene rings is 9. The van der Waals surface area contributed by atoms with Crippen molar-refractivity contribution in [1.29, 1.82) is 0 Å². The molecular formula is C50H34B2N2. The predicted molar refractivity (Wildman–Crippen MR) is 233 cm³/mol. The Balaban J connectivity index is 1.09. The van der Waals surface area contributed by atoms with Crippen LogP contribution in [0.5, 0.6) is 0 Å². The molecule has 0 atom stereocenters. The summed E-state index contributed by atoms with van der Waals surface area (Å²) in [6.07, 6.45) is 0. The second-order valence-electron chi connectivity index (χ2n) is 14.5. The van der Waals surface area contributed by atoms with Crippen molar-refractivity contribution in [3.05, 3.63) is 206 Å². The minimum atomic E-state index is 0.0817. The van der Waals surface area contributed by atoms with Gasteiger partial charge < -0.3 is 9.80 Å². The third-order valence-electron chi connectivity index (χ3n) is 11.5. The summed E-state index contributed by atoms with van der Waals surface area (Å²) in [5, 5.41) is 5.02. The lowest BCUT2D eigenvalue weighted by Crippen LogP contribution is -2.59. The largest absolute Gasteiger partial charge is 0.312 e. The van der Waals surface area contributed by atoms with Crippen LogP contribution in [0, 0.1) is 0 Å². The van der Waals surface area contributed by atoms with Gasteiger partial charge in [-0.15, -0.1) is 0 Å². The van der Waals surface area contributed by atoms with Crippen LogP contribution in [-0.4, -0.2) is 13.4 Å². The number of hydrogen-bond donors (Lipinski definition) is 0. The summed E-state index contributed by atoms with van der Waals surface area (Å²) in [7, 11) is 0. The molecule has 4 heteroatoms. The van der Waals surface area contributed by atoms with Gasteiger partial charge in [0, 0.05) is 34.1 Å². The van der Waals surface area contributed by atoms with Gasteiger partial charge in [-0.3, -0.25) is 0 Å². The van der Waals surface area contributed by atoms with E-state index in [9.17, 15) is 0 Å². The maximum Gasteiger partial charge on any atom is 0.246 e. The molecule has 0 unspecified atom stereocenters. The van der Waals surface area contributed by atoms with Gasteiger partial charge >= 0.3 is 0 Å². The Kier molecular flexibility index (Phi) is 7.09. The van der Waals surface area contributed by atoms with Crippen molar-refractivity contribution in [1.82, 2.24) is 0 Å². The van der Waals surface area contributed by atoms with Gasteiger partial charge in [-0.2, -0.15) is 0 Å². The lowest BCUT2D eigenvalue weighted by molar-refractivity contribution is 1.30. The van der Waals surface area contributed by atoms with Crippen LogP contribution in [0.15, 0.2) is 206 Å². The lowest BCUT2D eigenvalue weighted by atomic mass is 9.33. The fourth-order valence-electron chi connectivity index (χ4n) is 9.12. The van der Waals surface area contributed by atoms with E-state index in [2.05, 4.69) is 216 Å². The highest BCUT2D eigenvalue weighted by molar-refractivity contribution is 6.99. The van der Waals surface area contributed by atoms with Crippen LogP contribution in [0.1, 0.15) is 0 Å². The lowest BCUT2D eigenvalue weighted by Gasteiger charge is -2.38. The van der Waals surface area contributed by atoms with Crippen molar-refractivity contribution in [3.8, 4) is 0 Å². The average molecular weight is 684 g/mol. The highest BCUT2D eigenvalue weighted by Crippen LogP contribution is 2.39. The number of rotatable bonds is 4. The van der Waals surface area contributed by atoms with Gasteiger partial charge in [-0.05, 0) is 91.9 Å². The Morgan fingerprint density at radius 2 is 0.593 bits per heavy atom. The highest BCUT2D eigenvalue weighted by Gasteiger charge is 2.38. The second kappa shape index (κ2) is 12.4. The number of fused-ring (bicyclic) bond motifs is 6. The van der Waals surface area contributed by atoms with Gasteiger partial charge in [-0.1, -0.05) is 169 Å². The van der Waals surface area contributed by atoms with E-state index in [1.165, 1.54) is 88.4 Å². The van der Waals surface area contributed by atoms with Crippen molar-refractivity contribution < 1.29 is 0 Å². The van der Waals surface area contributed by atoms with E-state index in [4.69, 9.17) is 0 Å². The summed E-state index contributed by atoms with van der Waals surface area (Å²) in [5.41, 5.74) is 15.1. The molecule has 9 aromatic rings. The zero-order chi connectivity index (χ0) is 35.6. The second-order valence-corrected chi connectivity index (χ2v) is 14.5. The van der Waals surface area contributed by atoms with Crippen molar-refractivity contribution in [2.45, 2.75) is 0 Å². The molecule has 2 aliphatic rings. The minimum absolute atomic E-state index is 0.0817. The van der Waals surface area contributed by atoms with Crippen LogP contribution < -0.4 is 42.6 Å². The van der Waals surface area contributed by atoms with Crippen LogP contribution in [0.25, 0.3) is 21.5 Å². The monoisotopic (exact) mass is 684 g/mol. The van der Waals surface area contributed by atoms with Crippen molar-refractivity contribution >= 4 is 102 Å². The Morgan fingerprint density at radius 3 is 1.00 bits per heavy atom. The maximum absolute atomic E-state index is 2.45. The molecule has 0 aliphatic carbocycles. The van der Waals surface area contributed by atoms with E-state index in [1.54, 1.807) is 0 Å². The van der Waals surface area contributed by atoms with E-state index in [-0.39, 0.29) is 13.4 Å². The molecule has 0 spiro atoms. The molecule has 2 heterocycles. The summed E-state index contributed by atoms with van der Waals surface area (Å²) < 4.78 is 0. The van der Waals surface area contributed by atoms with Crippen LogP contribution in [0.3, 0.4) is 0 Å². The molecule has 0 aromatic heterocycles. The van der Waals surface area contributed by atoms with Crippen LogP contribution >= 0.6 is 0 Å². The Morgan fingerprint density at radius 1 is 0.259 bits per heavy atom. The first-order chi connectivity index (χ1) is 26.8. The first-order valence-corrected chi connectivity index (χ1v) is 18.8. The topological polar surface area (TPSA) is 6.48 Å². The molecule has 0 N–H and O–H groups in total. The van der Waals surface area contributed by atoms with Gasteiger partial charge in [0.15, 0.2) is 0 Å². The molecule has 54 heavy (non-hydrogen) atoms. The molecule has 2 nitrogen and oxygen atoms in total. The maximum atomic E-state index is 2.45. The standard InChI is InChI=1S/C50H34B2N2/c1-3-19-41(20-4-1)53-47-25-13-11-23-43(47)51(45-31-35-15-7-9-17-37(35)33-49(45)53)39-27-29-40(30-28-39)52-44-24-12-14-26-48(44)54(42-21-5-2-6-22-42)50-34-38-18-10-8-16-36(38)32-46(50)52/h1-34H. The van der Waals surface area contributed by atoms with Gasteiger partial charge in [0.1, 0.15) is 0 Å². The van der Waals surface area contributed by atoms with Crippen molar-refractivity contribution in [2.24, 2.45) is 0 Å². The Labute approximate surface area is 316 Å². The fourth-order valence-corrected chi connectivity index (χ4v) is 9.12. The molecule has 0 fully saturated rings. The zero-order valence-corrected chi connectivity index (χ0v) is 29.7. The molecule has 0 bridgehead atoms. The van der Waals surface area contributed by atoms with Crippen LogP contribution in [0.2, 0.25) is 0 Å². The molecule has 9 aromatic carbocycles. The SMILES string of the molecule is c1ccc(N2c3ccccc3B(c3ccc(B4c5ccccc5N(c5ccccc5)c5cc6ccccc6cc54)cc3)c3cc4ccccc4cc32)cc1. The van der Waals surface area contributed by atoms with E-state index >= 15 is 0 Å². The minimum Gasteiger partial charge on any atom is -0.312 e. The summed E-state index contributed by atoms with van der Waals surface area (Å²) >= 11 is 0. The van der Waals surface area contributed by atoms with Crippen LogP contribution in [-0.2, 0) is 0 Å². The first kappa shape index (κ1) is 30.8. The molecular weight excluding hydrogens is 650 g/mol. The fraction of sp³-hybridized carbons (Fsp3) is 0. The zero-order valence-electron chi connectivity index (χ0n) is 29.7. The number of anilines is 6. The summed E-state index contributed by atoms with van der Waals surface area (Å²) in [6.45, 7) is 0.163. The van der Waals surface area contributed by atoms with E-state index < -0.39 is 0 Å². The van der Waals surface area contributed by atoms with E-state index in [1.807, 2.05) is 0 Å². The third-order valence-corrected chi connectivity index (χ3v) is 11.5. The quantitative estimate of drug-likeness (QED) is 0.172. The van der Waals surface area contributed by atoms with Crippen molar-refractivity contribution in [3.63, 3.8) is 0 Å². The Hall–Kier alpha value is -6.77. The molecule has 250 valence electrons. The smallest absolute Gasteiger partial charge is 0.246 e. The highest BCUT2D eigenvalue weighted by atomic mass is 15.2. The van der Waals surface area contributed by atoms with Gasteiger partial charge in [0.05, 0.1) is 0 Å². The van der Waals surface area contributed by atoms with Crippen molar-refractivity contribution in [2.75, 3.05) is 9.80 Å². The number of para-hydroxylation sites is 4. The molecule has 2 aliphatic heterocycles. The summed E-state index contributed by atoms with van der Waals surface area (Å²) in [6, 6.07) is 76.1. The van der Waals surface area contributed by atoms with E-state index in [0.29, 0.717) is 0 Å². The molecule has 11 rings (SSSR count). The van der Waals surface area contributed by atoms with Crippen LogP contribution in [0.4, 0.5) is 34.1 Å². The first-order valence-electron chi connectivity index (χ1n) is 18.8. The van der Waals surface area contributed by atoms with E-state index in [0.717, 1.165) is 0 Å². The van der Waals surface area contributed by atoms with Gasteiger partial charge in [0.2, 0.25) is 13.4 Å². The molecule has 0 radical (unpaired) electrons.